The fraction of sp³-hybridized carbons (Fsp3) is 0.632. The van der Waals surface area contributed by atoms with E-state index >= 15 is 0 Å². The van der Waals surface area contributed by atoms with E-state index in [1.165, 1.54) is 17.0 Å². The molecule has 2 rings (SSSR count). The van der Waals surface area contributed by atoms with Crippen LogP contribution in [0.25, 0.3) is 0 Å². The average Bonchev–Trinajstić information content (AvgIpc) is 3.03. The maximum atomic E-state index is 13.2. The van der Waals surface area contributed by atoms with Crippen LogP contribution in [0.15, 0.2) is 29.3 Å². The Morgan fingerprint density at radius 1 is 1.34 bits per heavy atom. The highest BCUT2D eigenvalue weighted by Crippen LogP contribution is 2.22. The smallest absolute Gasteiger partial charge is 0.401 e. The molecule has 1 aromatic carbocycles. The number of nitrogens with zero attached hydrogens (tertiary/aromatic N) is 2. The Labute approximate surface area is 186 Å². The summed E-state index contributed by atoms with van der Waals surface area (Å²) in [7, 11) is 0. The van der Waals surface area contributed by atoms with Crippen LogP contribution < -0.4 is 15.4 Å². The van der Waals surface area contributed by atoms with Gasteiger partial charge in [-0.05, 0) is 44.9 Å². The first kappa shape index (κ1) is 25.7. The highest BCUT2D eigenvalue weighted by molar-refractivity contribution is 14.0. The number of nitrogens with one attached hydrogen (secondary N) is 2. The monoisotopic (exact) mass is 532 g/mol. The number of alkyl halides is 3. The molecule has 2 unspecified atom stereocenters. The van der Waals surface area contributed by atoms with Crippen LogP contribution in [0, 0.1) is 11.7 Å². The zero-order chi connectivity index (χ0) is 20.6. The summed E-state index contributed by atoms with van der Waals surface area (Å²) < 4.78 is 56.3. The van der Waals surface area contributed by atoms with E-state index in [9.17, 15) is 17.6 Å². The molecule has 0 spiro atoms. The van der Waals surface area contributed by atoms with Gasteiger partial charge in [-0.25, -0.2) is 9.38 Å². The minimum absolute atomic E-state index is 0. The van der Waals surface area contributed by atoms with Gasteiger partial charge in [0.25, 0.3) is 0 Å². The van der Waals surface area contributed by atoms with Crippen molar-refractivity contribution in [1.29, 1.82) is 0 Å². The molecule has 1 aromatic rings. The molecule has 10 heteroatoms. The first-order valence-electron chi connectivity index (χ1n) is 9.48. The number of rotatable bonds is 8. The van der Waals surface area contributed by atoms with Gasteiger partial charge in [0.1, 0.15) is 17.7 Å². The SMILES string of the molecule is CCNC(=NCC(C)Oc1cccc(F)c1)NCC1CCN(CC(F)(F)F)C1.I. The zero-order valence-corrected chi connectivity index (χ0v) is 19.0. The van der Waals surface area contributed by atoms with Gasteiger partial charge >= 0.3 is 6.18 Å². The lowest BCUT2D eigenvalue weighted by Gasteiger charge is -2.19. The third-order valence-electron chi connectivity index (χ3n) is 4.32. The van der Waals surface area contributed by atoms with Gasteiger partial charge in [-0.3, -0.25) is 4.90 Å². The van der Waals surface area contributed by atoms with Gasteiger partial charge < -0.3 is 15.4 Å². The highest BCUT2D eigenvalue weighted by atomic mass is 127. The maximum Gasteiger partial charge on any atom is 0.401 e. The molecule has 1 aliphatic heterocycles. The fourth-order valence-corrected chi connectivity index (χ4v) is 3.09. The van der Waals surface area contributed by atoms with Gasteiger partial charge in [0.2, 0.25) is 0 Å². The van der Waals surface area contributed by atoms with Crippen molar-refractivity contribution < 1.29 is 22.3 Å². The Morgan fingerprint density at radius 3 is 2.76 bits per heavy atom. The highest BCUT2D eigenvalue weighted by Gasteiger charge is 2.34. The Kier molecular flexibility index (Phi) is 11.0. The molecular formula is C19H29F4IN4O. The molecule has 1 heterocycles. The van der Waals surface area contributed by atoms with Gasteiger partial charge in [0.15, 0.2) is 5.96 Å². The van der Waals surface area contributed by atoms with Gasteiger partial charge in [-0.2, -0.15) is 13.2 Å². The van der Waals surface area contributed by atoms with Gasteiger partial charge in [-0.1, -0.05) is 6.07 Å². The third kappa shape index (κ3) is 10.3. The second-order valence-corrected chi connectivity index (χ2v) is 6.99. The summed E-state index contributed by atoms with van der Waals surface area (Å²) in [5.74, 6) is 0.814. The molecule has 0 aromatic heterocycles. The number of benzene rings is 1. The maximum absolute atomic E-state index is 13.2. The van der Waals surface area contributed by atoms with Crippen LogP contribution >= 0.6 is 24.0 Å². The van der Waals surface area contributed by atoms with Crippen molar-refractivity contribution in [3.63, 3.8) is 0 Å². The van der Waals surface area contributed by atoms with Crippen LogP contribution in [-0.4, -0.2) is 62.4 Å². The zero-order valence-electron chi connectivity index (χ0n) is 16.6. The molecule has 2 N–H and O–H groups in total. The summed E-state index contributed by atoms with van der Waals surface area (Å²) in [5, 5.41) is 6.30. The fourth-order valence-electron chi connectivity index (χ4n) is 3.09. The Balaban J connectivity index is 0.00000420. The van der Waals surface area contributed by atoms with Crippen molar-refractivity contribution in [2.24, 2.45) is 10.9 Å². The van der Waals surface area contributed by atoms with E-state index in [0.717, 1.165) is 6.42 Å². The molecule has 2 atom stereocenters. The van der Waals surface area contributed by atoms with Crippen LogP contribution in [0.2, 0.25) is 0 Å². The molecule has 1 aliphatic rings. The normalized spacial score (nSPS) is 18.8. The molecule has 5 nitrogen and oxygen atoms in total. The minimum Gasteiger partial charge on any atom is -0.489 e. The summed E-state index contributed by atoms with van der Waals surface area (Å²) in [6, 6.07) is 5.92. The lowest BCUT2D eigenvalue weighted by molar-refractivity contribution is -0.143. The van der Waals surface area contributed by atoms with Gasteiger partial charge in [0.05, 0.1) is 13.1 Å². The first-order valence-corrected chi connectivity index (χ1v) is 9.48. The molecule has 0 radical (unpaired) electrons. The van der Waals surface area contributed by atoms with E-state index < -0.39 is 12.7 Å². The standard InChI is InChI=1S/C19H28F4N4O.HI/c1-3-24-18(25-10-14(2)28-17-6-4-5-16(20)9-17)26-11-15-7-8-27(12-15)13-19(21,22)23;/h4-6,9,14-15H,3,7-8,10-13H2,1-2H3,(H2,24,25,26);1H. The van der Waals surface area contributed by atoms with Gasteiger partial charge in [-0.15, -0.1) is 24.0 Å². The van der Waals surface area contributed by atoms with Crippen molar-refractivity contribution in [2.75, 3.05) is 39.3 Å². The number of aliphatic imine (C=N–C) groups is 1. The topological polar surface area (TPSA) is 48.9 Å². The summed E-state index contributed by atoms with van der Waals surface area (Å²) >= 11 is 0. The number of hydrogen-bond acceptors (Lipinski definition) is 3. The van der Waals surface area contributed by atoms with Gasteiger partial charge in [0, 0.05) is 25.7 Å². The number of hydrogen-bond donors (Lipinski definition) is 2. The third-order valence-corrected chi connectivity index (χ3v) is 4.32. The van der Waals surface area contributed by atoms with Crippen LogP contribution in [0.5, 0.6) is 5.75 Å². The second kappa shape index (κ2) is 12.4. The van der Waals surface area contributed by atoms with Crippen molar-refractivity contribution in [1.82, 2.24) is 15.5 Å². The first-order chi connectivity index (χ1) is 13.2. The quantitative estimate of drug-likeness (QED) is 0.233. The van der Waals surface area contributed by atoms with Crippen LogP contribution in [-0.2, 0) is 0 Å². The largest absolute Gasteiger partial charge is 0.489 e. The average molecular weight is 532 g/mol. The lowest BCUT2D eigenvalue weighted by Crippen LogP contribution is -2.41. The molecule has 0 aliphatic carbocycles. The van der Waals surface area contributed by atoms with E-state index in [1.807, 2.05) is 13.8 Å². The van der Waals surface area contributed by atoms with E-state index in [0.29, 0.717) is 44.4 Å². The van der Waals surface area contributed by atoms with E-state index in [4.69, 9.17) is 4.74 Å². The number of ether oxygens (including phenoxy) is 1. The molecule has 1 saturated heterocycles. The Morgan fingerprint density at radius 2 is 2.10 bits per heavy atom. The molecule has 0 amide bonds. The summed E-state index contributed by atoms with van der Waals surface area (Å²) in [6.07, 6.45) is -3.69. The summed E-state index contributed by atoms with van der Waals surface area (Å²) in [5.41, 5.74) is 0. The molecule has 166 valence electrons. The lowest BCUT2D eigenvalue weighted by atomic mass is 10.1. The number of likely N-dealkylation sites (tertiary alicyclic amines) is 1. The predicted octanol–water partition coefficient (Wildman–Crippen LogP) is 3.65. The van der Waals surface area contributed by atoms with E-state index in [1.54, 1.807) is 12.1 Å². The van der Waals surface area contributed by atoms with Crippen molar-refractivity contribution in [3.05, 3.63) is 30.1 Å². The predicted molar refractivity (Wildman–Crippen MR) is 116 cm³/mol. The molecule has 1 fully saturated rings. The van der Waals surface area contributed by atoms with Crippen molar-refractivity contribution in [3.8, 4) is 5.75 Å². The van der Waals surface area contributed by atoms with E-state index in [2.05, 4.69) is 15.6 Å². The molecular weight excluding hydrogens is 503 g/mol. The molecule has 0 saturated carbocycles. The number of halogens is 5. The van der Waals surface area contributed by atoms with Crippen LogP contribution in [0.3, 0.4) is 0 Å². The Hall–Kier alpha value is -1.30. The van der Waals surface area contributed by atoms with Crippen molar-refractivity contribution >= 4 is 29.9 Å². The van der Waals surface area contributed by atoms with Crippen LogP contribution in [0.1, 0.15) is 20.3 Å². The summed E-state index contributed by atoms with van der Waals surface area (Å²) in [6.45, 7) is 5.37. The van der Waals surface area contributed by atoms with Crippen LogP contribution in [0.4, 0.5) is 17.6 Å². The Bertz CT molecular complexity index is 645. The molecule has 29 heavy (non-hydrogen) atoms. The number of guanidine groups is 1. The van der Waals surface area contributed by atoms with Crippen molar-refractivity contribution in [2.45, 2.75) is 32.5 Å². The summed E-state index contributed by atoms with van der Waals surface area (Å²) in [4.78, 5) is 5.89. The minimum atomic E-state index is -4.16. The van der Waals surface area contributed by atoms with E-state index in [-0.39, 0.29) is 41.8 Å². The molecule has 0 bridgehead atoms. The second-order valence-electron chi connectivity index (χ2n) is 6.99.